The van der Waals surface area contributed by atoms with Crippen molar-refractivity contribution in [2.75, 3.05) is 14.2 Å². The largest absolute Gasteiger partial charge is 0.493 e. The Morgan fingerprint density at radius 3 is 2.56 bits per heavy atom. The number of fused-ring (bicyclic) bond motifs is 1. The minimum absolute atomic E-state index is 0.163. The number of benzene rings is 2. The zero-order valence-corrected chi connectivity index (χ0v) is 15.8. The number of aromatic amines is 1. The monoisotopic (exact) mass is 387 g/mol. The first-order chi connectivity index (χ1) is 13.0. The highest BCUT2D eigenvalue weighted by Crippen LogP contribution is 2.36. The predicted octanol–water partition coefficient (Wildman–Crippen LogP) is 4.27. The molecule has 0 saturated heterocycles. The second kappa shape index (κ2) is 7.72. The van der Waals surface area contributed by atoms with E-state index in [9.17, 15) is 9.59 Å². The fraction of sp³-hybridized carbons (Fsp3) is 0.200. The van der Waals surface area contributed by atoms with Crippen LogP contribution in [0, 0.1) is 0 Å². The van der Waals surface area contributed by atoms with Crippen LogP contribution in [0.2, 0.25) is 5.02 Å². The lowest BCUT2D eigenvalue weighted by Gasteiger charge is -2.14. The molecule has 7 heteroatoms. The number of hydrogen-bond acceptors (Lipinski definition) is 5. The van der Waals surface area contributed by atoms with Crippen molar-refractivity contribution in [2.24, 2.45) is 0 Å². The number of hydrogen-bond donors (Lipinski definition) is 1. The summed E-state index contributed by atoms with van der Waals surface area (Å²) in [5.74, 6) is -0.364. The van der Waals surface area contributed by atoms with E-state index in [-0.39, 0.29) is 16.4 Å². The Labute approximate surface area is 161 Å². The number of halogens is 1. The van der Waals surface area contributed by atoms with Gasteiger partial charge in [0, 0.05) is 22.7 Å². The molecule has 27 heavy (non-hydrogen) atoms. The quantitative estimate of drug-likeness (QED) is 0.505. The zero-order valence-electron chi connectivity index (χ0n) is 15.0. The molecule has 1 N–H and O–H groups in total. The van der Waals surface area contributed by atoms with Crippen LogP contribution in [0.15, 0.2) is 42.6 Å². The number of nitrogens with one attached hydrogen (secondary N) is 1. The highest BCUT2D eigenvalue weighted by atomic mass is 35.5. The van der Waals surface area contributed by atoms with Gasteiger partial charge in [-0.05, 0) is 25.1 Å². The molecule has 1 heterocycles. The topological polar surface area (TPSA) is 77.6 Å². The smallest absolute Gasteiger partial charge is 0.339 e. The summed E-state index contributed by atoms with van der Waals surface area (Å²) < 4.78 is 15.7. The third kappa shape index (κ3) is 3.61. The third-order valence-corrected chi connectivity index (χ3v) is 4.46. The SMILES string of the molecule is COc1cc(C(=O)O[C@H](C)C(=O)c2c[nH]c3ccccc23)cc(Cl)c1OC. The van der Waals surface area contributed by atoms with Crippen molar-refractivity contribution in [3.8, 4) is 11.5 Å². The molecule has 140 valence electrons. The van der Waals surface area contributed by atoms with Crippen molar-refractivity contribution in [1.29, 1.82) is 0 Å². The molecule has 2 aromatic carbocycles. The summed E-state index contributed by atoms with van der Waals surface area (Å²) in [6.45, 7) is 1.53. The number of H-pyrrole nitrogens is 1. The fourth-order valence-corrected chi connectivity index (χ4v) is 3.10. The van der Waals surface area contributed by atoms with E-state index >= 15 is 0 Å². The van der Waals surface area contributed by atoms with Crippen molar-refractivity contribution in [3.63, 3.8) is 0 Å². The van der Waals surface area contributed by atoms with Gasteiger partial charge in [-0.1, -0.05) is 29.8 Å². The molecule has 0 aliphatic rings. The maximum atomic E-state index is 12.7. The number of aromatic nitrogens is 1. The van der Waals surface area contributed by atoms with Crippen LogP contribution in [0.5, 0.6) is 11.5 Å². The van der Waals surface area contributed by atoms with E-state index in [4.69, 9.17) is 25.8 Å². The zero-order chi connectivity index (χ0) is 19.6. The Balaban J connectivity index is 1.81. The highest BCUT2D eigenvalue weighted by Gasteiger charge is 2.24. The predicted molar refractivity (Wildman–Crippen MR) is 102 cm³/mol. The second-order valence-electron chi connectivity index (χ2n) is 5.85. The molecule has 0 radical (unpaired) electrons. The number of ether oxygens (including phenoxy) is 3. The molecule has 0 aliphatic carbocycles. The van der Waals surface area contributed by atoms with Crippen LogP contribution < -0.4 is 9.47 Å². The summed E-state index contributed by atoms with van der Waals surface area (Å²) in [4.78, 5) is 28.2. The first kappa shape index (κ1) is 18.8. The number of methoxy groups -OCH3 is 2. The second-order valence-corrected chi connectivity index (χ2v) is 6.26. The van der Waals surface area contributed by atoms with Crippen molar-refractivity contribution in [1.82, 2.24) is 4.98 Å². The molecule has 0 amide bonds. The molecular formula is C20H18ClNO5. The van der Waals surface area contributed by atoms with E-state index in [2.05, 4.69) is 4.98 Å². The van der Waals surface area contributed by atoms with Gasteiger partial charge in [-0.2, -0.15) is 0 Å². The van der Waals surface area contributed by atoms with E-state index in [0.29, 0.717) is 17.1 Å². The van der Waals surface area contributed by atoms with Gasteiger partial charge in [0.15, 0.2) is 17.6 Å². The van der Waals surface area contributed by atoms with Crippen molar-refractivity contribution in [2.45, 2.75) is 13.0 Å². The van der Waals surface area contributed by atoms with Crippen LogP contribution >= 0.6 is 11.6 Å². The first-order valence-corrected chi connectivity index (χ1v) is 8.57. The molecule has 1 aromatic heterocycles. The Bertz CT molecular complexity index is 1010. The maximum absolute atomic E-state index is 12.7. The van der Waals surface area contributed by atoms with Gasteiger partial charge in [0.25, 0.3) is 0 Å². The van der Waals surface area contributed by atoms with Gasteiger partial charge in [-0.15, -0.1) is 0 Å². The lowest BCUT2D eigenvalue weighted by atomic mass is 10.1. The Hall–Kier alpha value is -2.99. The molecule has 0 fully saturated rings. The number of ketones is 1. The van der Waals surface area contributed by atoms with Crippen LogP contribution in [-0.2, 0) is 4.74 Å². The molecular weight excluding hydrogens is 370 g/mol. The number of carbonyl (C=O) groups is 2. The van der Waals surface area contributed by atoms with Crippen molar-refractivity contribution < 1.29 is 23.8 Å². The average Bonchev–Trinajstić information content (AvgIpc) is 3.10. The van der Waals surface area contributed by atoms with Gasteiger partial charge in [-0.3, -0.25) is 4.79 Å². The van der Waals surface area contributed by atoms with E-state index in [1.54, 1.807) is 6.20 Å². The average molecular weight is 388 g/mol. The van der Waals surface area contributed by atoms with Gasteiger partial charge in [0.1, 0.15) is 0 Å². The first-order valence-electron chi connectivity index (χ1n) is 8.19. The van der Waals surface area contributed by atoms with Crippen molar-refractivity contribution in [3.05, 3.63) is 58.7 Å². The normalized spacial score (nSPS) is 11.9. The summed E-state index contributed by atoms with van der Waals surface area (Å²) in [5.41, 5.74) is 1.47. The highest BCUT2D eigenvalue weighted by molar-refractivity contribution is 6.32. The van der Waals surface area contributed by atoms with Gasteiger partial charge in [0.2, 0.25) is 5.78 Å². The van der Waals surface area contributed by atoms with Gasteiger partial charge < -0.3 is 19.2 Å². The summed E-state index contributed by atoms with van der Waals surface area (Å²) in [5, 5.41) is 0.985. The summed E-state index contributed by atoms with van der Waals surface area (Å²) in [6.07, 6.45) is 0.647. The number of rotatable bonds is 6. The minimum Gasteiger partial charge on any atom is -0.493 e. The van der Waals surface area contributed by atoms with E-state index in [1.807, 2.05) is 24.3 Å². The van der Waals surface area contributed by atoms with Gasteiger partial charge in [0.05, 0.1) is 24.8 Å². The molecule has 3 rings (SSSR count). The van der Waals surface area contributed by atoms with E-state index < -0.39 is 12.1 Å². The summed E-state index contributed by atoms with van der Waals surface area (Å²) in [6, 6.07) is 10.3. The lowest BCUT2D eigenvalue weighted by Crippen LogP contribution is -2.24. The number of carbonyl (C=O) groups excluding carboxylic acids is 2. The Morgan fingerprint density at radius 1 is 1.11 bits per heavy atom. The van der Waals surface area contributed by atoms with Crippen LogP contribution in [-0.4, -0.2) is 37.1 Å². The summed E-state index contributed by atoms with van der Waals surface area (Å²) >= 11 is 6.12. The molecule has 0 spiro atoms. The fourth-order valence-electron chi connectivity index (χ4n) is 2.81. The van der Waals surface area contributed by atoms with Crippen LogP contribution in [0.3, 0.4) is 0 Å². The number of esters is 1. The summed E-state index contributed by atoms with van der Waals surface area (Å²) in [7, 11) is 2.89. The molecule has 0 aliphatic heterocycles. The van der Waals surface area contributed by atoms with Gasteiger partial charge in [-0.25, -0.2) is 4.79 Å². The third-order valence-electron chi connectivity index (χ3n) is 4.18. The Morgan fingerprint density at radius 2 is 1.85 bits per heavy atom. The molecule has 6 nitrogen and oxygen atoms in total. The molecule has 0 unspecified atom stereocenters. The Kier molecular flexibility index (Phi) is 5.37. The lowest BCUT2D eigenvalue weighted by molar-refractivity contribution is 0.0319. The molecule has 1 atom stereocenters. The number of para-hydroxylation sites is 1. The minimum atomic E-state index is -0.969. The van der Waals surface area contributed by atoms with E-state index in [0.717, 1.165) is 10.9 Å². The van der Waals surface area contributed by atoms with Crippen LogP contribution in [0.25, 0.3) is 10.9 Å². The maximum Gasteiger partial charge on any atom is 0.339 e. The molecule has 0 bridgehead atoms. The van der Waals surface area contributed by atoms with E-state index in [1.165, 1.54) is 33.3 Å². The molecule has 3 aromatic rings. The van der Waals surface area contributed by atoms with Crippen LogP contribution in [0.4, 0.5) is 0 Å². The number of Topliss-reactive ketones (excluding diaryl/α,β-unsaturated/α-hetero) is 1. The standard InChI is InChI=1S/C20H18ClNO5/c1-11(18(23)14-10-22-16-7-5-4-6-13(14)16)27-20(24)12-8-15(21)19(26-3)17(9-12)25-2/h4-11,22H,1-3H3/t11-/m1/s1. The van der Waals surface area contributed by atoms with Gasteiger partial charge >= 0.3 is 5.97 Å². The van der Waals surface area contributed by atoms with Crippen LogP contribution in [0.1, 0.15) is 27.6 Å². The van der Waals surface area contributed by atoms with Crippen molar-refractivity contribution >= 4 is 34.3 Å². The molecule has 0 saturated carbocycles.